The largest absolute Gasteiger partial charge is 0.335 e. The molecule has 3 heteroatoms. The van der Waals surface area contributed by atoms with E-state index >= 15 is 0 Å². The van der Waals surface area contributed by atoms with Crippen molar-refractivity contribution in [1.82, 2.24) is 10.2 Å². The summed E-state index contributed by atoms with van der Waals surface area (Å²) >= 11 is 0. The van der Waals surface area contributed by atoms with Crippen molar-refractivity contribution in [2.24, 2.45) is 5.92 Å². The Balaban J connectivity index is 1.73. The molecule has 3 fully saturated rings. The van der Waals surface area contributed by atoms with E-state index in [4.69, 9.17) is 0 Å². The van der Waals surface area contributed by atoms with Gasteiger partial charge in [-0.2, -0.15) is 0 Å². The van der Waals surface area contributed by atoms with Gasteiger partial charge in [0.2, 0.25) is 5.91 Å². The van der Waals surface area contributed by atoms with Gasteiger partial charge in [0.25, 0.3) is 0 Å². The summed E-state index contributed by atoms with van der Waals surface area (Å²) in [6.07, 6.45) is 7.10. The highest BCUT2D eigenvalue weighted by Gasteiger charge is 2.51. The molecule has 3 nitrogen and oxygen atoms in total. The average molecular weight is 208 g/mol. The zero-order valence-corrected chi connectivity index (χ0v) is 9.30. The second kappa shape index (κ2) is 3.48. The van der Waals surface area contributed by atoms with E-state index in [1.54, 1.807) is 0 Å². The maximum atomic E-state index is 12.3. The Bertz CT molecular complexity index is 269. The van der Waals surface area contributed by atoms with Crippen LogP contribution in [0.25, 0.3) is 0 Å². The Morgan fingerprint density at radius 2 is 2.07 bits per heavy atom. The van der Waals surface area contributed by atoms with Crippen molar-refractivity contribution >= 4 is 5.91 Å². The third-order valence-corrected chi connectivity index (χ3v) is 4.31. The van der Waals surface area contributed by atoms with E-state index < -0.39 is 0 Å². The summed E-state index contributed by atoms with van der Waals surface area (Å²) in [6.45, 7) is 3.10. The van der Waals surface area contributed by atoms with Crippen LogP contribution in [0.4, 0.5) is 0 Å². The number of amides is 1. The van der Waals surface area contributed by atoms with Crippen LogP contribution < -0.4 is 5.32 Å². The zero-order valence-electron chi connectivity index (χ0n) is 9.30. The summed E-state index contributed by atoms with van der Waals surface area (Å²) in [4.78, 5) is 14.5. The molecule has 0 unspecified atom stereocenters. The molecule has 0 aromatic carbocycles. The molecule has 1 amide bonds. The van der Waals surface area contributed by atoms with Crippen molar-refractivity contribution < 1.29 is 4.79 Å². The van der Waals surface area contributed by atoms with Crippen LogP contribution in [-0.4, -0.2) is 36.0 Å². The molecule has 1 aliphatic heterocycles. The van der Waals surface area contributed by atoms with Crippen LogP contribution in [-0.2, 0) is 4.79 Å². The predicted molar refractivity (Wildman–Crippen MR) is 58.5 cm³/mol. The summed E-state index contributed by atoms with van der Waals surface area (Å²) in [5.74, 6) is 0.836. The zero-order chi connectivity index (χ0) is 10.3. The predicted octanol–water partition coefficient (Wildman–Crippen LogP) is 1.14. The maximum absolute atomic E-state index is 12.3. The van der Waals surface area contributed by atoms with Gasteiger partial charge in [0.15, 0.2) is 0 Å². The molecular formula is C12H20N2O. The average Bonchev–Trinajstić information content (AvgIpc) is 2.92. The third kappa shape index (κ3) is 1.57. The monoisotopic (exact) mass is 208 g/mol. The molecule has 1 spiro atoms. The molecule has 2 aliphatic carbocycles. The molecule has 84 valence electrons. The van der Waals surface area contributed by atoms with Gasteiger partial charge in [-0.1, -0.05) is 6.42 Å². The summed E-state index contributed by atoms with van der Waals surface area (Å²) in [5, 5.41) is 3.47. The van der Waals surface area contributed by atoms with Gasteiger partial charge in [-0.05, 0) is 38.6 Å². The van der Waals surface area contributed by atoms with Crippen LogP contribution in [0.3, 0.4) is 0 Å². The number of nitrogens with zero attached hydrogens (tertiary/aromatic N) is 1. The van der Waals surface area contributed by atoms with Crippen LogP contribution in [0.5, 0.6) is 0 Å². The summed E-state index contributed by atoms with van der Waals surface area (Å²) in [7, 11) is 0. The lowest BCUT2D eigenvalue weighted by molar-refractivity contribution is -0.141. The lowest BCUT2D eigenvalue weighted by atomic mass is 9.84. The number of hydrogen-bond donors (Lipinski definition) is 1. The van der Waals surface area contributed by atoms with E-state index in [2.05, 4.69) is 10.2 Å². The lowest BCUT2D eigenvalue weighted by Crippen LogP contribution is -2.49. The van der Waals surface area contributed by atoms with Gasteiger partial charge in [-0.15, -0.1) is 0 Å². The van der Waals surface area contributed by atoms with Crippen LogP contribution >= 0.6 is 0 Å². The second-order valence-electron chi connectivity index (χ2n) is 5.37. The van der Waals surface area contributed by atoms with Crippen LogP contribution in [0.2, 0.25) is 0 Å². The standard InChI is InChI=1S/C12H20N2O/c15-11(10-3-1-4-10)14-8-2-7-13-9-12(14)5-6-12/h10,13H,1-9H2. The normalized spacial score (nSPS) is 29.7. The molecule has 1 saturated heterocycles. The van der Waals surface area contributed by atoms with E-state index in [0.717, 1.165) is 38.9 Å². The van der Waals surface area contributed by atoms with E-state index in [1.165, 1.54) is 19.3 Å². The highest BCUT2D eigenvalue weighted by atomic mass is 16.2. The number of carbonyl (C=O) groups excluding carboxylic acids is 1. The Morgan fingerprint density at radius 3 is 2.67 bits per heavy atom. The van der Waals surface area contributed by atoms with Gasteiger partial charge >= 0.3 is 0 Å². The number of hydrogen-bond acceptors (Lipinski definition) is 2. The first-order chi connectivity index (χ1) is 7.32. The molecule has 15 heavy (non-hydrogen) atoms. The highest BCUT2D eigenvalue weighted by molar-refractivity contribution is 5.81. The van der Waals surface area contributed by atoms with Gasteiger partial charge in [0, 0.05) is 19.0 Å². The molecule has 2 saturated carbocycles. The molecule has 3 aliphatic rings. The molecule has 3 rings (SSSR count). The van der Waals surface area contributed by atoms with Gasteiger partial charge in [-0.3, -0.25) is 4.79 Å². The number of rotatable bonds is 1. The van der Waals surface area contributed by atoms with Crippen LogP contribution in [0, 0.1) is 5.92 Å². The topological polar surface area (TPSA) is 32.3 Å². The maximum Gasteiger partial charge on any atom is 0.226 e. The van der Waals surface area contributed by atoms with Crippen molar-refractivity contribution in [3.8, 4) is 0 Å². The van der Waals surface area contributed by atoms with E-state index in [1.807, 2.05) is 0 Å². The Morgan fingerprint density at radius 1 is 1.27 bits per heavy atom. The fourth-order valence-corrected chi connectivity index (χ4v) is 2.83. The molecule has 0 radical (unpaired) electrons. The summed E-state index contributed by atoms with van der Waals surface area (Å²) in [6, 6.07) is 0. The summed E-state index contributed by atoms with van der Waals surface area (Å²) < 4.78 is 0. The van der Waals surface area contributed by atoms with Crippen molar-refractivity contribution in [2.45, 2.75) is 44.1 Å². The molecule has 0 aromatic rings. The fraction of sp³-hybridized carbons (Fsp3) is 0.917. The van der Waals surface area contributed by atoms with Crippen LogP contribution in [0.1, 0.15) is 38.5 Å². The Kier molecular flexibility index (Phi) is 2.23. The van der Waals surface area contributed by atoms with Crippen molar-refractivity contribution in [3.63, 3.8) is 0 Å². The Labute approximate surface area is 91.2 Å². The van der Waals surface area contributed by atoms with Gasteiger partial charge in [0.1, 0.15) is 0 Å². The first-order valence-corrected chi connectivity index (χ1v) is 6.34. The lowest BCUT2D eigenvalue weighted by Gasteiger charge is -2.36. The first-order valence-electron chi connectivity index (χ1n) is 6.34. The van der Waals surface area contributed by atoms with Gasteiger partial charge < -0.3 is 10.2 Å². The van der Waals surface area contributed by atoms with Gasteiger partial charge in [0.05, 0.1) is 5.54 Å². The highest BCUT2D eigenvalue weighted by Crippen LogP contribution is 2.44. The minimum atomic E-state index is 0.239. The van der Waals surface area contributed by atoms with Gasteiger partial charge in [-0.25, -0.2) is 0 Å². The quantitative estimate of drug-likeness (QED) is 0.701. The first kappa shape index (κ1) is 9.64. The van der Waals surface area contributed by atoms with Crippen molar-refractivity contribution in [3.05, 3.63) is 0 Å². The second-order valence-corrected chi connectivity index (χ2v) is 5.37. The minimum Gasteiger partial charge on any atom is -0.335 e. The van der Waals surface area contributed by atoms with Crippen LogP contribution in [0.15, 0.2) is 0 Å². The fourth-order valence-electron chi connectivity index (χ4n) is 2.83. The molecular weight excluding hydrogens is 188 g/mol. The van der Waals surface area contributed by atoms with Crippen molar-refractivity contribution in [2.75, 3.05) is 19.6 Å². The van der Waals surface area contributed by atoms with E-state index in [-0.39, 0.29) is 5.54 Å². The number of nitrogens with one attached hydrogen (secondary N) is 1. The molecule has 0 bridgehead atoms. The Hall–Kier alpha value is -0.570. The smallest absolute Gasteiger partial charge is 0.226 e. The number of carbonyl (C=O) groups is 1. The minimum absolute atomic E-state index is 0.239. The van der Waals surface area contributed by atoms with E-state index in [0.29, 0.717) is 11.8 Å². The SMILES string of the molecule is O=C(C1CCC1)N1CCCNCC12CC2. The molecule has 0 atom stereocenters. The summed E-state index contributed by atoms with van der Waals surface area (Å²) in [5.41, 5.74) is 0.239. The molecule has 1 heterocycles. The molecule has 1 N–H and O–H groups in total. The van der Waals surface area contributed by atoms with E-state index in [9.17, 15) is 4.79 Å². The third-order valence-electron chi connectivity index (χ3n) is 4.31. The van der Waals surface area contributed by atoms with Crippen molar-refractivity contribution in [1.29, 1.82) is 0 Å². The molecule has 0 aromatic heterocycles.